The van der Waals surface area contributed by atoms with Gasteiger partial charge in [-0.3, -0.25) is 4.79 Å². The van der Waals surface area contributed by atoms with E-state index >= 15 is 0 Å². The second-order valence-electron chi connectivity index (χ2n) is 4.08. The first-order chi connectivity index (χ1) is 9.15. The molecule has 0 atom stereocenters. The number of amides is 1. The second kappa shape index (κ2) is 6.68. The number of aryl methyl sites for hydroxylation is 1. The van der Waals surface area contributed by atoms with Crippen molar-refractivity contribution in [2.75, 3.05) is 11.1 Å². The highest BCUT2D eigenvalue weighted by Crippen LogP contribution is 2.20. The Morgan fingerprint density at radius 1 is 1.42 bits per heavy atom. The van der Waals surface area contributed by atoms with Crippen molar-refractivity contribution >= 4 is 35.0 Å². The zero-order chi connectivity index (χ0) is 13.7. The molecule has 1 aromatic carbocycles. The summed E-state index contributed by atoms with van der Waals surface area (Å²) in [6, 6.07) is 9.18. The Morgan fingerprint density at radius 2 is 2.26 bits per heavy atom. The predicted molar refractivity (Wildman–Crippen MR) is 79.7 cm³/mol. The van der Waals surface area contributed by atoms with Crippen molar-refractivity contribution in [2.24, 2.45) is 0 Å². The van der Waals surface area contributed by atoms with Crippen molar-refractivity contribution in [3.63, 3.8) is 0 Å². The van der Waals surface area contributed by atoms with Crippen LogP contribution in [0.15, 0.2) is 41.0 Å². The zero-order valence-corrected chi connectivity index (χ0v) is 12.1. The minimum Gasteiger partial charge on any atom is -0.468 e. The number of rotatable bonds is 5. The molecule has 2 rings (SSSR count). The third kappa shape index (κ3) is 4.33. The summed E-state index contributed by atoms with van der Waals surface area (Å²) >= 11 is 7.41. The van der Waals surface area contributed by atoms with Gasteiger partial charge in [-0.25, -0.2) is 0 Å². The molecule has 0 spiro atoms. The molecule has 100 valence electrons. The topological polar surface area (TPSA) is 42.2 Å². The van der Waals surface area contributed by atoms with E-state index < -0.39 is 0 Å². The quantitative estimate of drug-likeness (QED) is 0.902. The summed E-state index contributed by atoms with van der Waals surface area (Å²) in [4.78, 5) is 11.8. The van der Waals surface area contributed by atoms with Crippen LogP contribution in [-0.4, -0.2) is 11.7 Å². The maximum absolute atomic E-state index is 11.8. The van der Waals surface area contributed by atoms with E-state index in [1.54, 1.807) is 18.4 Å². The van der Waals surface area contributed by atoms with Gasteiger partial charge in [0.2, 0.25) is 5.91 Å². The Morgan fingerprint density at radius 3 is 3.00 bits per heavy atom. The Bertz CT molecular complexity index is 555. The first kappa shape index (κ1) is 14.0. The maximum Gasteiger partial charge on any atom is 0.234 e. The molecule has 0 aliphatic carbocycles. The molecule has 1 amide bonds. The fraction of sp³-hybridized carbons (Fsp3) is 0.214. The molecule has 0 aliphatic rings. The van der Waals surface area contributed by atoms with Crippen molar-refractivity contribution in [3.8, 4) is 0 Å². The lowest BCUT2D eigenvalue weighted by molar-refractivity contribution is -0.113. The molecule has 0 aliphatic heterocycles. The van der Waals surface area contributed by atoms with Crippen molar-refractivity contribution in [2.45, 2.75) is 12.7 Å². The summed E-state index contributed by atoms with van der Waals surface area (Å²) < 4.78 is 5.20. The fourth-order valence-electron chi connectivity index (χ4n) is 1.55. The number of benzene rings is 1. The number of nitrogens with one attached hydrogen (secondary N) is 1. The van der Waals surface area contributed by atoms with Gasteiger partial charge < -0.3 is 9.73 Å². The number of hydrogen-bond acceptors (Lipinski definition) is 3. The van der Waals surface area contributed by atoms with Crippen molar-refractivity contribution in [1.29, 1.82) is 0 Å². The molecular formula is C14H14ClNO2S. The van der Waals surface area contributed by atoms with Gasteiger partial charge in [0.1, 0.15) is 5.76 Å². The summed E-state index contributed by atoms with van der Waals surface area (Å²) in [5.74, 6) is 1.90. The van der Waals surface area contributed by atoms with Crippen LogP contribution in [0.5, 0.6) is 0 Å². The van der Waals surface area contributed by atoms with E-state index in [0.717, 1.165) is 17.0 Å². The number of hydrogen-bond donors (Lipinski definition) is 1. The van der Waals surface area contributed by atoms with Crippen LogP contribution in [0.4, 0.5) is 5.69 Å². The van der Waals surface area contributed by atoms with Crippen LogP contribution in [0.25, 0.3) is 0 Å². The van der Waals surface area contributed by atoms with E-state index in [4.69, 9.17) is 16.0 Å². The van der Waals surface area contributed by atoms with E-state index in [1.165, 1.54) is 11.8 Å². The van der Waals surface area contributed by atoms with Gasteiger partial charge >= 0.3 is 0 Å². The van der Waals surface area contributed by atoms with Crippen LogP contribution in [0, 0.1) is 6.92 Å². The fourth-order valence-corrected chi connectivity index (χ4v) is 2.45. The Kier molecular flexibility index (Phi) is 4.93. The van der Waals surface area contributed by atoms with E-state index in [2.05, 4.69) is 5.32 Å². The summed E-state index contributed by atoms with van der Waals surface area (Å²) in [6.07, 6.45) is 1.63. The molecule has 0 unspecified atom stereocenters. The molecule has 3 nitrogen and oxygen atoms in total. The predicted octanol–water partition coefficient (Wildman–Crippen LogP) is 4.11. The molecule has 1 aromatic heterocycles. The molecule has 1 N–H and O–H groups in total. The number of thioether (sulfide) groups is 1. The van der Waals surface area contributed by atoms with Gasteiger partial charge in [-0.2, -0.15) is 0 Å². The molecule has 0 bridgehead atoms. The van der Waals surface area contributed by atoms with Crippen LogP contribution < -0.4 is 5.32 Å². The molecule has 0 fully saturated rings. The lowest BCUT2D eigenvalue weighted by atomic mass is 10.2. The first-order valence-electron chi connectivity index (χ1n) is 5.81. The molecule has 0 saturated heterocycles. The zero-order valence-electron chi connectivity index (χ0n) is 10.5. The minimum absolute atomic E-state index is 0.0399. The Hall–Kier alpha value is -1.39. The SMILES string of the molecule is Cc1ccc(Cl)cc1NC(=O)CSCc1ccco1. The Balaban J connectivity index is 1.82. The van der Waals surface area contributed by atoms with Gasteiger partial charge in [-0.1, -0.05) is 17.7 Å². The third-order valence-corrected chi connectivity index (χ3v) is 3.72. The maximum atomic E-state index is 11.8. The lowest BCUT2D eigenvalue weighted by Crippen LogP contribution is -2.14. The molecule has 2 aromatic rings. The molecule has 0 saturated carbocycles. The lowest BCUT2D eigenvalue weighted by Gasteiger charge is -2.08. The third-order valence-electron chi connectivity index (χ3n) is 2.53. The molecule has 5 heteroatoms. The van der Waals surface area contributed by atoms with Crippen molar-refractivity contribution < 1.29 is 9.21 Å². The van der Waals surface area contributed by atoms with Gasteiger partial charge in [-0.15, -0.1) is 11.8 Å². The molecule has 19 heavy (non-hydrogen) atoms. The largest absolute Gasteiger partial charge is 0.468 e. The van der Waals surface area contributed by atoms with Gasteiger partial charge in [-0.05, 0) is 36.8 Å². The molecule has 0 radical (unpaired) electrons. The summed E-state index contributed by atoms with van der Waals surface area (Å²) in [5, 5.41) is 3.47. The van der Waals surface area contributed by atoms with Crippen LogP contribution in [0.1, 0.15) is 11.3 Å². The average molecular weight is 296 g/mol. The number of furan rings is 1. The van der Waals surface area contributed by atoms with Crippen LogP contribution in [-0.2, 0) is 10.5 Å². The highest BCUT2D eigenvalue weighted by Gasteiger charge is 2.06. The van der Waals surface area contributed by atoms with Crippen LogP contribution in [0.3, 0.4) is 0 Å². The highest BCUT2D eigenvalue weighted by molar-refractivity contribution is 7.99. The average Bonchev–Trinajstić information content (AvgIpc) is 2.87. The Labute approximate surface area is 121 Å². The minimum atomic E-state index is -0.0399. The highest BCUT2D eigenvalue weighted by atomic mass is 35.5. The summed E-state index contributed by atoms with van der Waals surface area (Å²) in [7, 11) is 0. The van der Waals surface area contributed by atoms with Crippen molar-refractivity contribution in [3.05, 3.63) is 52.9 Å². The van der Waals surface area contributed by atoms with E-state index in [1.807, 2.05) is 25.1 Å². The number of anilines is 1. The van der Waals surface area contributed by atoms with Gasteiger partial charge in [0.25, 0.3) is 0 Å². The van der Waals surface area contributed by atoms with Crippen LogP contribution >= 0.6 is 23.4 Å². The summed E-state index contributed by atoms with van der Waals surface area (Å²) in [5.41, 5.74) is 1.75. The van der Waals surface area contributed by atoms with Crippen molar-refractivity contribution in [1.82, 2.24) is 0 Å². The standard InChI is InChI=1S/C14H14ClNO2S/c1-10-4-5-11(15)7-13(10)16-14(17)9-19-8-12-3-2-6-18-12/h2-7H,8-9H2,1H3,(H,16,17). The monoisotopic (exact) mass is 295 g/mol. The first-order valence-corrected chi connectivity index (χ1v) is 7.34. The smallest absolute Gasteiger partial charge is 0.234 e. The van der Waals surface area contributed by atoms with Gasteiger partial charge in [0.15, 0.2) is 0 Å². The van der Waals surface area contributed by atoms with E-state index in [9.17, 15) is 4.79 Å². The van der Waals surface area contributed by atoms with E-state index in [0.29, 0.717) is 16.5 Å². The number of halogens is 1. The molecule has 1 heterocycles. The molecular weight excluding hydrogens is 282 g/mol. The van der Waals surface area contributed by atoms with Gasteiger partial charge in [0.05, 0.1) is 17.8 Å². The normalized spacial score (nSPS) is 10.4. The van der Waals surface area contributed by atoms with Gasteiger partial charge in [0, 0.05) is 10.7 Å². The summed E-state index contributed by atoms with van der Waals surface area (Å²) in [6.45, 7) is 1.93. The second-order valence-corrected chi connectivity index (χ2v) is 5.50. The number of carbonyl (C=O) groups excluding carboxylic acids is 1. The van der Waals surface area contributed by atoms with Crippen LogP contribution in [0.2, 0.25) is 5.02 Å². The number of carbonyl (C=O) groups is 1. The van der Waals surface area contributed by atoms with E-state index in [-0.39, 0.29) is 5.91 Å².